The number of alkyl halides is 1. The lowest BCUT2D eigenvalue weighted by atomic mass is 9.77. The average Bonchev–Trinajstić information content (AvgIpc) is 3.40. The number of hydrogen-bond acceptors (Lipinski definition) is 10. The maximum absolute atomic E-state index is 16.3. The van der Waals surface area contributed by atoms with E-state index in [0.717, 1.165) is 18.4 Å². The fourth-order valence-electron chi connectivity index (χ4n) is 4.97. The number of anilines is 1. The number of rotatable bonds is 9. The number of aromatic nitrogens is 4. The molecule has 2 aromatic heterocycles. The summed E-state index contributed by atoms with van der Waals surface area (Å²) in [6, 6.07) is 0. The van der Waals surface area contributed by atoms with Gasteiger partial charge in [-0.2, -0.15) is 0 Å². The number of allylic oxidation sites excluding steroid dienone is 1. The second-order valence-corrected chi connectivity index (χ2v) is 23.0. The molecular formula is C26H43FN5O4PS2Si. The molecule has 2 aromatic rings. The molecule has 0 spiro atoms. The first-order chi connectivity index (χ1) is 18.5. The van der Waals surface area contributed by atoms with Gasteiger partial charge >= 0.3 is 0 Å². The summed E-state index contributed by atoms with van der Waals surface area (Å²) in [6.07, 6.45) is -1.11. The van der Waals surface area contributed by atoms with Crippen molar-refractivity contribution in [3.63, 3.8) is 0 Å². The molecule has 1 aliphatic heterocycles. The molecule has 1 aliphatic carbocycles. The fourth-order valence-corrected chi connectivity index (χ4v) is 11.6. The van der Waals surface area contributed by atoms with Crippen molar-refractivity contribution in [1.29, 1.82) is 0 Å². The maximum atomic E-state index is 16.3. The number of aliphatic hydroxyl groups excluding tert-OH is 1. The van der Waals surface area contributed by atoms with Crippen LogP contribution in [-0.4, -0.2) is 68.8 Å². The third-order valence-corrected chi connectivity index (χ3v) is 18.1. The van der Waals surface area contributed by atoms with Crippen LogP contribution in [0, 0.1) is 5.92 Å². The van der Waals surface area contributed by atoms with Crippen LogP contribution in [0.5, 0.6) is 0 Å². The van der Waals surface area contributed by atoms with Crippen LogP contribution in [-0.2, 0) is 25.5 Å². The number of halogens is 1. The van der Waals surface area contributed by atoms with Gasteiger partial charge in [-0.3, -0.25) is 4.57 Å². The van der Waals surface area contributed by atoms with Crippen LogP contribution in [0.25, 0.3) is 11.2 Å². The zero-order valence-corrected chi connectivity index (χ0v) is 28.0. The van der Waals surface area contributed by atoms with Crippen LogP contribution in [0.3, 0.4) is 0 Å². The van der Waals surface area contributed by atoms with Gasteiger partial charge in [0.05, 0.1) is 19.0 Å². The van der Waals surface area contributed by atoms with Gasteiger partial charge in [-0.05, 0) is 57.2 Å². The highest BCUT2D eigenvalue weighted by Gasteiger charge is 2.52. The van der Waals surface area contributed by atoms with Crippen LogP contribution < -0.4 is 5.73 Å². The summed E-state index contributed by atoms with van der Waals surface area (Å²) in [5.41, 5.74) is 7.84. The first-order valence-electron chi connectivity index (χ1n) is 13.6. The standard InChI is InChI=1S/C26H43FN5O4PS2Si/c1-15(2)16-9-10-26(6,18(33)11-16)39-37(38)34-12-17-21(36-40(7,8)25(3,4)5)19(27)24(35-17)32-14-31-20-22(28)29-13-30-23(20)32/h13-14,16-19,21,24,33,37H,1,9-12H2,2-8H3,(H2,28,29,30)/t16-,17+,18+,19+,21?,24+,26+/m0/s1. The molecule has 0 amide bonds. The molecule has 0 radical (unpaired) electrons. The van der Waals surface area contributed by atoms with E-state index in [-0.39, 0.29) is 17.5 Å². The molecule has 0 bridgehead atoms. The van der Waals surface area contributed by atoms with Crippen LogP contribution in [0.2, 0.25) is 18.1 Å². The van der Waals surface area contributed by atoms with E-state index in [1.807, 2.05) is 6.92 Å². The Bertz CT molecular complexity index is 1260. The first-order valence-corrected chi connectivity index (χ1v) is 20.6. The SMILES string of the molecule is C=C(C)[C@H]1CC[C@@](C)(S[PH](=S)OC[C@H]2O[C@@H](n3cnc4c(N)ncnc43)[C@H](F)C2O[Si](C)(C)C(C)(C)C)[C@H](O)C1. The summed E-state index contributed by atoms with van der Waals surface area (Å²) in [5.74, 6) is 0.540. The normalized spacial score (nSPS) is 32.4. The highest BCUT2D eigenvalue weighted by Crippen LogP contribution is 2.55. The summed E-state index contributed by atoms with van der Waals surface area (Å²) in [4.78, 5) is 12.5. The Balaban J connectivity index is 1.51. The minimum atomic E-state index is -2.37. The third kappa shape index (κ3) is 6.51. The molecule has 1 saturated heterocycles. The summed E-state index contributed by atoms with van der Waals surface area (Å²) in [7, 11) is -2.37. The lowest BCUT2D eigenvalue weighted by Crippen LogP contribution is -2.49. The maximum Gasteiger partial charge on any atom is 0.192 e. The smallest absolute Gasteiger partial charge is 0.192 e. The van der Waals surface area contributed by atoms with Gasteiger partial charge in [0, 0.05) is 4.75 Å². The number of hydrogen-bond donors (Lipinski definition) is 2. The number of aliphatic hydroxyl groups is 1. The van der Waals surface area contributed by atoms with Crippen LogP contribution in [0.15, 0.2) is 24.8 Å². The molecule has 40 heavy (non-hydrogen) atoms. The Kier molecular flexibility index (Phi) is 9.59. The lowest BCUT2D eigenvalue weighted by Gasteiger charge is -2.41. The molecule has 1 saturated carbocycles. The van der Waals surface area contributed by atoms with E-state index in [4.69, 9.17) is 31.2 Å². The Hall–Kier alpha value is -0.923. The molecule has 2 unspecified atom stereocenters. The van der Waals surface area contributed by atoms with Gasteiger partial charge in [0.15, 0.2) is 32.2 Å². The molecule has 224 valence electrons. The van der Waals surface area contributed by atoms with Crippen molar-refractivity contribution in [3.05, 3.63) is 24.8 Å². The monoisotopic (exact) mass is 631 g/mol. The lowest BCUT2D eigenvalue weighted by molar-refractivity contribution is -0.0377. The number of nitrogen functional groups attached to an aromatic ring is 1. The van der Waals surface area contributed by atoms with Crippen molar-refractivity contribution in [2.75, 3.05) is 12.3 Å². The van der Waals surface area contributed by atoms with Crippen LogP contribution in [0.1, 0.15) is 60.1 Å². The van der Waals surface area contributed by atoms with E-state index >= 15 is 4.39 Å². The number of imidazole rings is 1. The highest BCUT2D eigenvalue weighted by molar-refractivity contribution is 8.63. The minimum Gasteiger partial charge on any atom is -0.408 e. The van der Waals surface area contributed by atoms with E-state index in [2.05, 4.69) is 62.3 Å². The predicted molar refractivity (Wildman–Crippen MR) is 166 cm³/mol. The number of nitrogens with zero attached hydrogens (tertiary/aromatic N) is 4. The zero-order chi connectivity index (χ0) is 29.6. The highest BCUT2D eigenvalue weighted by atomic mass is 32.9. The second-order valence-electron chi connectivity index (χ2n) is 12.7. The van der Waals surface area contributed by atoms with E-state index in [1.54, 1.807) is 4.57 Å². The summed E-state index contributed by atoms with van der Waals surface area (Å²) in [6.45, 7) is 18.7. The Morgan fingerprint density at radius 3 is 2.73 bits per heavy atom. The molecule has 3 heterocycles. The van der Waals surface area contributed by atoms with E-state index in [0.29, 0.717) is 23.5 Å². The molecule has 14 heteroatoms. The van der Waals surface area contributed by atoms with Gasteiger partial charge in [0.25, 0.3) is 0 Å². The first kappa shape index (κ1) is 32.0. The topological polar surface area (TPSA) is 118 Å². The Morgan fingerprint density at radius 1 is 1.40 bits per heavy atom. The second kappa shape index (κ2) is 12.0. The van der Waals surface area contributed by atoms with Gasteiger partial charge in [0.2, 0.25) is 0 Å². The molecule has 3 N–H and O–H groups in total. The molecule has 4 rings (SSSR count). The van der Waals surface area contributed by atoms with Gasteiger partial charge in [0.1, 0.15) is 30.2 Å². The van der Waals surface area contributed by atoms with Crippen LogP contribution in [0.4, 0.5) is 10.2 Å². The van der Waals surface area contributed by atoms with Gasteiger partial charge in [-0.25, -0.2) is 19.3 Å². The van der Waals surface area contributed by atoms with Crippen molar-refractivity contribution in [3.8, 4) is 0 Å². The fraction of sp³-hybridized carbons (Fsp3) is 0.731. The molecular weight excluding hydrogens is 589 g/mol. The van der Waals surface area contributed by atoms with E-state index in [9.17, 15) is 5.11 Å². The van der Waals surface area contributed by atoms with Crippen molar-refractivity contribution < 1.29 is 23.2 Å². The molecule has 8 atom stereocenters. The Morgan fingerprint density at radius 2 is 2.10 bits per heavy atom. The van der Waals surface area contributed by atoms with Crippen molar-refractivity contribution >= 4 is 54.6 Å². The van der Waals surface area contributed by atoms with Crippen molar-refractivity contribution in [2.24, 2.45) is 5.92 Å². The molecule has 2 aliphatic rings. The molecule has 2 fully saturated rings. The quantitative estimate of drug-likeness (QED) is 0.200. The van der Waals surface area contributed by atoms with Crippen molar-refractivity contribution in [1.82, 2.24) is 19.5 Å². The summed E-state index contributed by atoms with van der Waals surface area (Å²) in [5, 5.41) is 10.8. The molecule has 0 aromatic carbocycles. The number of ether oxygens (including phenoxy) is 1. The number of nitrogens with two attached hydrogens (primary N) is 1. The minimum absolute atomic E-state index is 0.0886. The number of fused-ring (bicyclic) bond motifs is 1. The average molecular weight is 632 g/mol. The van der Waals surface area contributed by atoms with Crippen molar-refractivity contribution in [2.45, 2.75) is 107 Å². The third-order valence-electron chi connectivity index (χ3n) is 8.75. The van der Waals surface area contributed by atoms with Gasteiger partial charge in [-0.15, -0.1) is 0 Å². The van der Waals surface area contributed by atoms with Gasteiger partial charge < -0.3 is 24.5 Å². The predicted octanol–water partition coefficient (Wildman–Crippen LogP) is 5.79. The Labute approximate surface area is 247 Å². The summed E-state index contributed by atoms with van der Waals surface area (Å²) < 4.78 is 36.5. The van der Waals surface area contributed by atoms with Crippen LogP contribution >= 0.6 is 17.5 Å². The molecule has 9 nitrogen and oxygen atoms in total. The van der Waals surface area contributed by atoms with Gasteiger partial charge in [-0.1, -0.05) is 56.1 Å². The van der Waals surface area contributed by atoms with E-state index in [1.165, 1.54) is 24.0 Å². The summed E-state index contributed by atoms with van der Waals surface area (Å²) >= 11 is 7.31. The zero-order valence-electron chi connectivity index (χ0n) is 24.4. The van der Waals surface area contributed by atoms with E-state index < -0.39 is 49.9 Å². The largest absolute Gasteiger partial charge is 0.408 e.